The Bertz CT molecular complexity index is 737. The van der Waals surface area contributed by atoms with Gasteiger partial charge in [0.15, 0.2) is 0 Å². The van der Waals surface area contributed by atoms with E-state index in [1.807, 2.05) is 0 Å². The summed E-state index contributed by atoms with van der Waals surface area (Å²) in [5.41, 5.74) is 4.13. The molecule has 0 atom stereocenters. The van der Waals surface area contributed by atoms with Gasteiger partial charge in [-0.3, -0.25) is 0 Å². The molecule has 0 saturated heterocycles. The molecular weight excluding hydrogens is 400 g/mol. The summed E-state index contributed by atoms with van der Waals surface area (Å²) in [5, 5.41) is 0. The molecule has 0 aliphatic heterocycles. The summed E-state index contributed by atoms with van der Waals surface area (Å²) >= 11 is 0. The molecule has 0 heterocycles. The van der Waals surface area contributed by atoms with Crippen LogP contribution in [0.15, 0.2) is 48.5 Å². The molecule has 3 rings (SSSR count). The van der Waals surface area contributed by atoms with E-state index >= 15 is 0 Å². The molecule has 0 N–H and O–H groups in total. The molecule has 0 unspecified atom stereocenters. The summed E-state index contributed by atoms with van der Waals surface area (Å²) in [6, 6.07) is 18.0. The van der Waals surface area contributed by atoms with E-state index in [0.717, 1.165) is 30.6 Å². The van der Waals surface area contributed by atoms with Crippen molar-refractivity contribution in [1.82, 2.24) is 0 Å². The Morgan fingerprint density at radius 1 is 0.606 bits per heavy atom. The zero-order chi connectivity index (χ0) is 23.1. The fourth-order valence-electron chi connectivity index (χ4n) is 5.38. The molecule has 0 aromatic heterocycles. The zero-order valence-electron chi connectivity index (χ0n) is 21.5. The van der Waals surface area contributed by atoms with Gasteiger partial charge in [0, 0.05) is 0 Å². The molecule has 0 bridgehead atoms. The molecular formula is C32H48O. The number of rotatable bonds is 15. The Kier molecular flexibility index (Phi) is 11.9. The number of unbranched alkanes of at least 4 members (excludes halogenated alkanes) is 8. The van der Waals surface area contributed by atoms with E-state index in [1.54, 1.807) is 5.56 Å². The molecule has 1 aliphatic carbocycles. The van der Waals surface area contributed by atoms with Crippen LogP contribution in [-0.2, 0) is 0 Å². The Morgan fingerprint density at radius 3 is 1.76 bits per heavy atom. The van der Waals surface area contributed by atoms with Gasteiger partial charge in [-0.25, -0.2) is 0 Å². The second kappa shape index (κ2) is 15.2. The van der Waals surface area contributed by atoms with E-state index in [1.165, 1.54) is 101 Å². The Morgan fingerprint density at radius 2 is 1.15 bits per heavy atom. The molecule has 0 spiro atoms. The van der Waals surface area contributed by atoms with Gasteiger partial charge in [-0.15, -0.1) is 0 Å². The molecule has 2 aromatic rings. The molecule has 0 amide bonds. The quantitative estimate of drug-likeness (QED) is 0.246. The lowest BCUT2D eigenvalue weighted by molar-refractivity contribution is 0.302. The van der Waals surface area contributed by atoms with Crippen LogP contribution in [0.1, 0.15) is 122 Å². The van der Waals surface area contributed by atoms with Crippen LogP contribution in [0.4, 0.5) is 0 Å². The molecule has 182 valence electrons. The van der Waals surface area contributed by atoms with Crippen molar-refractivity contribution in [3.8, 4) is 16.9 Å². The highest BCUT2D eigenvalue weighted by Crippen LogP contribution is 2.38. The summed E-state index contributed by atoms with van der Waals surface area (Å²) in [6.07, 6.45) is 20.9. The van der Waals surface area contributed by atoms with Crippen LogP contribution in [0.2, 0.25) is 0 Å². The molecule has 1 heteroatoms. The second-order valence-corrected chi connectivity index (χ2v) is 10.3. The molecule has 2 aromatic carbocycles. The van der Waals surface area contributed by atoms with Gasteiger partial charge in [-0.05, 0) is 72.8 Å². The van der Waals surface area contributed by atoms with Crippen LogP contribution < -0.4 is 4.74 Å². The standard InChI is InChI=1S/C32H48O/c1-3-5-7-8-9-10-11-12-13-27-14-16-28(17-15-27)29-18-20-30(21-19-29)31-22-24-32(25-23-31)33-26-6-4-2/h18-25,27-28H,3-17,26H2,1-2H3. The lowest BCUT2D eigenvalue weighted by Gasteiger charge is -2.29. The lowest BCUT2D eigenvalue weighted by Crippen LogP contribution is -2.13. The number of hydrogen-bond donors (Lipinski definition) is 0. The van der Waals surface area contributed by atoms with Crippen LogP contribution in [-0.4, -0.2) is 6.61 Å². The van der Waals surface area contributed by atoms with Gasteiger partial charge in [-0.2, -0.15) is 0 Å². The van der Waals surface area contributed by atoms with Crippen LogP contribution in [0.3, 0.4) is 0 Å². The third kappa shape index (κ3) is 9.19. The van der Waals surface area contributed by atoms with Gasteiger partial charge >= 0.3 is 0 Å². The van der Waals surface area contributed by atoms with Crippen molar-refractivity contribution >= 4 is 0 Å². The molecule has 0 radical (unpaired) electrons. The first-order valence-corrected chi connectivity index (χ1v) is 14.1. The zero-order valence-corrected chi connectivity index (χ0v) is 21.5. The van der Waals surface area contributed by atoms with Gasteiger partial charge in [0.1, 0.15) is 5.75 Å². The van der Waals surface area contributed by atoms with Gasteiger partial charge in [0.2, 0.25) is 0 Å². The molecule has 1 fully saturated rings. The van der Waals surface area contributed by atoms with E-state index in [9.17, 15) is 0 Å². The van der Waals surface area contributed by atoms with E-state index in [-0.39, 0.29) is 0 Å². The largest absolute Gasteiger partial charge is 0.494 e. The van der Waals surface area contributed by atoms with Crippen molar-refractivity contribution in [3.63, 3.8) is 0 Å². The topological polar surface area (TPSA) is 9.23 Å². The summed E-state index contributed by atoms with van der Waals surface area (Å²) in [5.74, 6) is 2.73. The van der Waals surface area contributed by atoms with Crippen LogP contribution in [0, 0.1) is 5.92 Å². The number of benzene rings is 2. The highest BCUT2D eigenvalue weighted by molar-refractivity contribution is 5.64. The predicted molar refractivity (Wildman–Crippen MR) is 144 cm³/mol. The molecule has 1 saturated carbocycles. The number of ether oxygens (including phenoxy) is 1. The smallest absolute Gasteiger partial charge is 0.119 e. The maximum atomic E-state index is 5.80. The summed E-state index contributed by atoms with van der Waals surface area (Å²) in [6.45, 7) is 5.31. The van der Waals surface area contributed by atoms with Crippen molar-refractivity contribution in [2.45, 2.75) is 116 Å². The second-order valence-electron chi connectivity index (χ2n) is 10.3. The Labute approximate surface area is 204 Å². The van der Waals surface area contributed by atoms with Gasteiger partial charge in [0.05, 0.1) is 6.61 Å². The maximum Gasteiger partial charge on any atom is 0.119 e. The monoisotopic (exact) mass is 448 g/mol. The van der Waals surface area contributed by atoms with Gasteiger partial charge < -0.3 is 4.74 Å². The third-order valence-corrected chi connectivity index (χ3v) is 7.65. The van der Waals surface area contributed by atoms with Crippen LogP contribution >= 0.6 is 0 Å². The first kappa shape index (κ1) is 25.9. The van der Waals surface area contributed by atoms with E-state index < -0.39 is 0 Å². The van der Waals surface area contributed by atoms with Crippen molar-refractivity contribution in [3.05, 3.63) is 54.1 Å². The molecule has 1 aliphatic rings. The van der Waals surface area contributed by atoms with Crippen LogP contribution in [0.25, 0.3) is 11.1 Å². The van der Waals surface area contributed by atoms with E-state index in [0.29, 0.717) is 0 Å². The Hall–Kier alpha value is -1.76. The first-order valence-electron chi connectivity index (χ1n) is 14.1. The Balaban J connectivity index is 1.35. The highest BCUT2D eigenvalue weighted by atomic mass is 16.5. The van der Waals surface area contributed by atoms with Gasteiger partial charge in [-0.1, -0.05) is 114 Å². The van der Waals surface area contributed by atoms with Crippen molar-refractivity contribution < 1.29 is 4.74 Å². The van der Waals surface area contributed by atoms with Crippen molar-refractivity contribution in [2.24, 2.45) is 5.92 Å². The number of hydrogen-bond acceptors (Lipinski definition) is 1. The SMILES string of the molecule is CCCCCCCCCCC1CCC(c2ccc(-c3ccc(OCCCC)cc3)cc2)CC1. The molecule has 1 nitrogen and oxygen atoms in total. The highest BCUT2D eigenvalue weighted by Gasteiger charge is 2.22. The lowest BCUT2D eigenvalue weighted by atomic mass is 9.77. The minimum atomic E-state index is 0.767. The molecule has 33 heavy (non-hydrogen) atoms. The third-order valence-electron chi connectivity index (χ3n) is 7.65. The summed E-state index contributed by atoms with van der Waals surface area (Å²) in [4.78, 5) is 0. The van der Waals surface area contributed by atoms with Gasteiger partial charge in [0.25, 0.3) is 0 Å². The fraction of sp³-hybridized carbons (Fsp3) is 0.625. The van der Waals surface area contributed by atoms with Crippen molar-refractivity contribution in [2.75, 3.05) is 6.61 Å². The predicted octanol–water partition coefficient (Wildman–Crippen LogP) is 10.3. The normalized spacial score (nSPS) is 18.4. The summed E-state index contributed by atoms with van der Waals surface area (Å²) in [7, 11) is 0. The van der Waals surface area contributed by atoms with E-state index in [4.69, 9.17) is 4.74 Å². The average Bonchev–Trinajstić information content (AvgIpc) is 2.87. The minimum Gasteiger partial charge on any atom is -0.494 e. The summed E-state index contributed by atoms with van der Waals surface area (Å²) < 4.78 is 5.80. The van der Waals surface area contributed by atoms with Crippen molar-refractivity contribution in [1.29, 1.82) is 0 Å². The van der Waals surface area contributed by atoms with Crippen LogP contribution in [0.5, 0.6) is 5.75 Å². The maximum absolute atomic E-state index is 5.80. The average molecular weight is 449 g/mol. The first-order chi connectivity index (χ1) is 16.3. The van der Waals surface area contributed by atoms with E-state index in [2.05, 4.69) is 62.4 Å². The fourth-order valence-corrected chi connectivity index (χ4v) is 5.38. The minimum absolute atomic E-state index is 0.767.